The Kier molecular flexibility index (Phi) is 7.03. The lowest BCUT2D eigenvalue weighted by Gasteiger charge is -2.10. The van der Waals surface area contributed by atoms with Gasteiger partial charge in [-0.15, -0.1) is 11.3 Å². The van der Waals surface area contributed by atoms with Crippen molar-refractivity contribution in [2.75, 3.05) is 0 Å². The largest absolute Gasteiger partial charge is 0.456 e. The summed E-state index contributed by atoms with van der Waals surface area (Å²) in [5.41, 5.74) is 10.1. The zero-order valence-corrected chi connectivity index (χ0v) is 31.2. The Balaban J connectivity index is 1.08. The molecule has 0 saturated heterocycles. The Morgan fingerprint density at radius 1 is 0.404 bits per heavy atom. The third-order valence-corrected chi connectivity index (χ3v) is 12.3. The number of nitrogens with zero attached hydrogens (tertiary/aromatic N) is 4. The van der Waals surface area contributed by atoms with Crippen LogP contribution in [0.2, 0.25) is 0 Å². The second-order valence-electron chi connectivity index (χ2n) is 14.4. The van der Waals surface area contributed by atoms with Crippen LogP contribution in [0, 0.1) is 0 Å². The lowest BCUT2D eigenvalue weighted by molar-refractivity contribution is 0.669. The standard InChI is InChI=1S/C51H30N4OS/c1-3-13-31(14-4-1)33-25-27-43-40(29-33)35-17-7-9-22-42(35)55(43)34-26-28-44-41(30-34)47-38(20-12-23-45(47)56-44)50-52-49(32-15-5-2-6-16-32)53-51(54-50)39-21-11-19-37-36-18-8-10-24-46(36)57-48(37)39/h1-30H. The van der Waals surface area contributed by atoms with Gasteiger partial charge in [0.1, 0.15) is 11.2 Å². The number of para-hydroxylation sites is 1. The Labute approximate surface area is 330 Å². The minimum Gasteiger partial charge on any atom is -0.456 e. The number of hydrogen-bond donors (Lipinski definition) is 0. The minimum absolute atomic E-state index is 0.598. The molecule has 0 bridgehead atoms. The van der Waals surface area contributed by atoms with Crippen LogP contribution in [0.15, 0.2) is 186 Å². The summed E-state index contributed by atoms with van der Waals surface area (Å²) in [5.74, 6) is 1.86. The molecule has 57 heavy (non-hydrogen) atoms. The van der Waals surface area contributed by atoms with E-state index in [4.69, 9.17) is 19.4 Å². The highest BCUT2D eigenvalue weighted by molar-refractivity contribution is 7.26. The highest BCUT2D eigenvalue weighted by Gasteiger charge is 2.21. The molecule has 8 aromatic carbocycles. The van der Waals surface area contributed by atoms with Crippen LogP contribution in [0.3, 0.4) is 0 Å². The van der Waals surface area contributed by atoms with Gasteiger partial charge in [-0.1, -0.05) is 127 Å². The fourth-order valence-electron chi connectivity index (χ4n) is 8.46. The quantitative estimate of drug-likeness (QED) is 0.176. The van der Waals surface area contributed by atoms with E-state index < -0.39 is 0 Å². The van der Waals surface area contributed by atoms with Crippen LogP contribution in [0.25, 0.3) is 115 Å². The number of rotatable bonds is 5. The van der Waals surface area contributed by atoms with E-state index >= 15 is 0 Å². The zero-order valence-electron chi connectivity index (χ0n) is 30.4. The smallest absolute Gasteiger partial charge is 0.165 e. The summed E-state index contributed by atoms with van der Waals surface area (Å²) < 4.78 is 11.3. The van der Waals surface area contributed by atoms with Crippen molar-refractivity contribution in [1.82, 2.24) is 19.5 Å². The van der Waals surface area contributed by atoms with Gasteiger partial charge in [0, 0.05) is 64.1 Å². The number of fused-ring (bicyclic) bond motifs is 9. The molecule has 0 unspecified atom stereocenters. The second kappa shape index (κ2) is 12.6. The minimum atomic E-state index is 0.598. The highest BCUT2D eigenvalue weighted by Crippen LogP contribution is 2.42. The third kappa shape index (κ3) is 5.04. The van der Waals surface area contributed by atoms with Crippen molar-refractivity contribution in [1.29, 1.82) is 0 Å². The topological polar surface area (TPSA) is 56.7 Å². The highest BCUT2D eigenvalue weighted by atomic mass is 32.1. The van der Waals surface area contributed by atoms with E-state index in [1.54, 1.807) is 11.3 Å². The van der Waals surface area contributed by atoms with Gasteiger partial charge in [-0.05, 0) is 65.7 Å². The van der Waals surface area contributed by atoms with Gasteiger partial charge in [0.15, 0.2) is 17.5 Å². The molecular weight excluding hydrogens is 717 g/mol. The molecule has 12 aromatic rings. The third-order valence-electron chi connectivity index (χ3n) is 11.1. The summed E-state index contributed by atoms with van der Waals surface area (Å²) >= 11 is 1.78. The molecule has 0 spiro atoms. The van der Waals surface area contributed by atoms with Crippen molar-refractivity contribution in [2.45, 2.75) is 0 Å². The molecule has 0 aliphatic heterocycles. The predicted molar refractivity (Wildman–Crippen MR) is 236 cm³/mol. The number of furan rings is 1. The molecule has 12 rings (SSSR count). The molecule has 0 radical (unpaired) electrons. The second-order valence-corrected chi connectivity index (χ2v) is 15.4. The van der Waals surface area contributed by atoms with Crippen LogP contribution < -0.4 is 0 Å². The SMILES string of the molecule is c1ccc(-c2ccc3c(c2)c2ccccc2n3-c2ccc3oc4cccc(-c5nc(-c6ccccc6)nc(-c6cccc7c6sc6ccccc67)n5)c4c3c2)cc1. The maximum Gasteiger partial charge on any atom is 0.165 e. The molecule has 5 nitrogen and oxygen atoms in total. The fraction of sp³-hybridized carbons (Fsp3) is 0. The molecular formula is C51H30N4OS. The van der Waals surface area contributed by atoms with E-state index in [1.807, 2.05) is 30.3 Å². The molecule has 4 aromatic heterocycles. The molecule has 0 aliphatic carbocycles. The van der Waals surface area contributed by atoms with Crippen LogP contribution in [0.5, 0.6) is 0 Å². The maximum absolute atomic E-state index is 6.57. The Hall–Kier alpha value is -7.41. The van der Waals surface area contributed by atoms with E-state index in [9.17, 15) is 0 Å². The molecule has 0 saturated carbocycles. The summed E-state index contributed by atoms with van der Waals surface area (Å²) in [6.07, 6.45) is 0. The average Bonchev–Trinajstić information content (AvgIpc) is 3.96. The van der Waals surface area contributed by atoms with E-state index in [2.05, 4.69) is 156 Å². The molecule has 4 heterocycles. The van der Waals surface area contributed by atoms with E-state index in [1.165, 1.54) is 37.4 Å². The summed E-state index contributed by atoms with van der Waals surface area (Å²) in [7, 11) is 0. The first kappa shape index (κ1) is 31.9. The molecule has 0 N–H and O–H groups in total. The number of hydrogen-bond acceptors (Lipinski definition) is 5. The van der Waals surface area contributed by atoms with Crippen molar-refractivity contribution in [2.24, 2.45) is 0 Å². The summed E-state index contributed by atoms with van der Waals surface area (Å²) in [4.78, 5) is 15.6. The van der Waals surface area contributed by atoms with E-state index in [0.717, 1.165) is 60.0 Å². The van der Waals surface area contributed by atoms with Crippen LogP contribution in [-0.2, 0) is 0 Å². The molecule has 0 atom stereocenters. The first-order valence-corrected chi connectivity index (χ1v) is 19.8. The molecule has 0 fully saturated rings. The van der Waals surface area contributed by atoms with Gasteiger partial charge >= 0.3 is 0 Å². The first-order chi connectivity index (χ1) is 28.2. The van der Waals surface area contributed by atoms with Gasteiger partial charge < -0.3 is 8.98 Å². The number of thiophene rings is 1. The molecule has 0 aliphatic rings. The summed E-state index contributed by atoms with van der Waals surface area (Å²) in [6, 6.07) is 63.8. The van der Waals surface area contributed by atoms with Crippen molar-refractivity contribution in [3.63, 3.8) is 0 Å². The summed E-state index contributed by atoms with van der Waals surface area (Å²) in [5, 5.41) is 6.83. The van der Waals surface area contributed by atoms with Crippen molar-refractivity contribution < 1.29 is 4.42 Å². The molecule has 6 heteroatoms. The van der Waals surface area contributed by atoms with E-state index in [-0.39, 0.29) is 0 Å². The maximum atomic E-state index is 6.57. The Morgan fingerprint density at radius 3 is 1.93 bits per heavy atom. The normalized spacial score (nSPS) is 11.9. The lowest BCUT2D eigenvalue weighted by Crippen LogP contribution is -2.00. The van der Waals surface area contributed by atoms with Gasteiger partial charge in [0.25, 0.3) is 0 Å². The van der Waals surface area contributed by atoms with Crippen molar-refractivity contribution in [3.05, 3.63) is 182 Å². The Bertz CT molecular complexity index is 3530. The van der Waals surface area contributed by atoms with Gasteiger partial charge in [0.05, 0.1) is 11.0 Å². The number of benzene rings is 8. The lowest BCUT2D eigenvalue weighted by atomic mass is 10.0. The van der Waals surface area contributed by atoms with Crippen LogP contribution in [0.1, 0.15) is 0 Å². The van der Waals surface area contributed by atoms with Gasteiger partial charge in [-0.2, -0.15) is 0 Å². The van der Waals surface area contributed by atoms with Crippen LogP contribution in [0.4, 0.5) is 0 Å². The monoisotopic (exact) mass is 746 g/mol. The summed E-state index contributed by atoms with van der Waals surface area (Å²) in [6.45, 7) is 0. The molecule has 266 valence electrons. The van der Waals surface area contributed by atoms with Gasteiger partial charge in [-0.25, -0.2) is 15.0 Å². The van der Waals surface area contributed by atoms with Crippen molar-refractivity contribution >= 4 is 75.3 Å². The zero-order chi connectivity index (χ0) is 37.5. The predicted octanol–water partition coefficient (Wildman–Crippen LogP) is 13.9. The average molecular weight is 747 g/mol. The Morgan fingerprint density at radius 2 is 1.07 bits per heavy atom. The van der Waals surface area contributed by atoms with Crippen LogP contribution in [-0.4, -0.2) is 19.5 Å². The van der Waals surface area contributed by atoms with Gasteiger partial charge in [-0.3, -0.25) is 0 Å². The first-order valence-electron chi connectivity index (χ1n) is 19.0. The fourth-order valence-corrected chi connectivity index (χ4v) is 9.67. The van der Waals surface area contributed by atoms with Crippen LogP contribution >= 0.6 is 11.3 Å². The molecule has 0 amide bonds. The van der Waals surface area contributed by atoms with Gasteiger partial charge in [0.2, 0.25) is 0 Å². The number of aromatic nitrogens is 4. The van der Waals surface area contributed by atoms with E-state index in [0.29, 0.717) is 17.5 Å². The van der Waals surface area contributed by atoms with Crippen molar-refractivity contribution in [3.8, 4) is 51.0 Å².